The lowest BCUT2D eigenvalue weighted by Crippen LogP contribution is -2.44. The number of carbonyl (C=O) groups excluding carboxylic acids is 1. The van der Waals surface area contributed by atoms with E-state index in [4.69, 9.17) is 4.74 Å². The van der Waals surface area contributed by atoms with Gasteiger partial charge in [0.05, 0.1) is 13.2 Å². The summed E-state index contributed by atoms with van der Waals surface area (Å²) in [6, 6.07) is 9.26. The third-order valence-corrected chi connectivity index (χ3v) is 5.34. The highest BCUT2D eigenvalue weighted by molar-refractivity contribution is 5.76. The summed E-state index contributed by atoms with van der Waals surface area (Å²) in [6.45, 7) is 7.26. The molecule has 0 saturated carbocycles. The van der Waals surface area contributed by atoms with Gasteiger partial charge in [0.25, 0.3) is 0 Å². The Morgan fingerprint density at radius 1 is 1.32 bits per heavy atom. The Bertz CT molecular complexity index is 558. The number of nitrogens with one attached hydrogen (secondary N) is 2. The van der Waals surface area contributed by atoms with Crippen molar-refractivity contribution in [3.8, 4) is 0 Å². The van der Waals surface area contributed by atoms with Gasteiger partial charge >= 0.3 is 0 Å². The normalized spacial score (nSPS) is 24.8. The van der Waals surface area contributed by atoms with E-state index < -0.39 is 0 Å². The van der Waals surface area contributed by atoms with E-state index in [-0.39, 0.29) is 11.9 Å². The largest absolute Gasteiger partial charge is 0.378 e. The van der Waals surface area contributed by atoms with E-state index in [2.05, 4.69) is 46.7 Å². The zero-order valence-corrected chi connectivity index (χ0v) is 15.3. The van der Waals surface area contributed by atoms with Gasteiger partial charge in [-0.2, -0.15) is 0 Å². The molecule has 0 aliphatic carbocycles. The molecular formula is C20H31N3O2. The molecule has 2 fully saturated rings. The lowest BCUT2D eigenvalue weighted by molar-refractivity contribution is -0.122. The SMILES string of the molecule is CC1CCCCN1Cc1ccccc1CNC(=O)CC1COCCN1. The van der Waals surface area contributed by atoms with E-state index in [1.165, 1.54) is 36.9 Å². The van der Waals surface area contributed by atoms with Crippen LogP contribution in [0.3, 0.4) is 0 Å². The number of nitrogens with zero attached hydrogens (tertiary/aromatic N) is 1. The second kappa shape index (κ2) is 9.32. The van der Waals surface area contributed by atoms with Crippen molar-refractivity contribution < 1.29 is 9.53 Å². The molecule has 3 rings (SSSR count). The third-order valence-electron chi connectivity index (χ3n) is 5.34. The van der Waals surface area contributed by atoms with Crippen molar-refractivity contribution in [1.29, 1.82) is 0 Å². The van der Waals surface area contributed by atoms with Crippen molar-refractivity contribution in [3.05, 3.63) is 35.4 Å². The molecule has 1 amide bonds. The number of rotatable bonds is 6. The monoisotopic (exact) mass is 345 g/mol. The first-order valence-electron chi connectivity index (χ1n) is 9.61. The molecule has 1 aromatic carbocycles. The Kier molecular flexibility index (Phi) is 6.84. The molecule has 0 bridgehead atoms. The fourth-order valence-corrected chi connectivity index (χ4v) is 3.74. The number of likely N-dealkylation sites (tertiary alicyclic amines) is 1. The molecule has 5 nitrogen and oxygen atoms in total. The first-order valence-corrected chi connectivity index (χ1v) is 9.61. The van der Waals surface area contributed by atoms with E-state index in [9.17, 15) is 4.79 Å². The maximum absolute atomic E-state index is 12.2. The predicted molar refractivity (Wildman–Crippen MR) is 99.2 cm³/mol. The summed E-state index contributed by atoms with van der Waals surface area (Å²) < 4.78 is 5.41. The Labute approximate surface area is 151 Å². The van der Waals surface area contributed by atoms with Crippen LogP contribution < -0.4 is 10.6 Å². The second-order valence-corrected chi connectivity index (χ2v) is 7.29. The first kappa shape index (κ1) is 18.4. The van der Waals surface area contributed by atoms with Gasteiger partial charge in [0, 0.05) is 38.1 Å². The maximum atomic E-state index is 12.2. The Morgan fingerprint density at radius 3 is 2.92 bits per heavy atom. The highest BCUT2D eigenvalue weighted by Crippen LogP contribution is 2.20. The van der Waals surface area contributed by atoms with Crippen LogP contribution in [0.15, 0.2) is 24.3 Å². The topological polar surface area (TPSA) is 53.6 Å². The summed E-state index contributed by atoms with van der Waals surface area (Å²) in [5.41, 5.74) is 2.55. The van der Waals surface area contributed by atoms with E-state index in [1.807, 2.05) is 0 Å². The molecule has 2 aliphatic heterocycles. The van der Waals surface area contributed by atoms with Crippen LogP contribution in [0.1, 0.15) is 43.7 Å². The molecule has 2 N–H and O–H groups in total. The number of hydrogen-bond donors (Lipinski definition) is 2. The van der Waals surface area contributed by atoms with Crippen molar-refractivity contribution in [2.75, 3.05) is 26.3 Å². The molecule has 2 unspecified atom stereocenters. The summed E-state index contributed by atoms with van der Waals surface area (Å²) in [5.74, 6) is 0.0872. The van der Waals surface area contributed by atoms with Gasteiger partial charge in [0.2, 0.25) is 5.91 Å². The molecule has 2 aliphatic rings. The molecule has 5 heteroatoms. The number of morpholine rings is 1. The minimum Gasteiger partial charge on any atom is -0.378 e. The number of hydrogen-bond acceptors (Lipinski definition) is 4. The van der Waals surface area contributed by atoms with E-state index in [0.717, 1.165) is 19.7 Å². The van der Waals surface area contributed by atoms with Gasteiger partial charge in [-0.3, -0.25) is 9.69 Å². The fraction of sp³-hybridized carbons (Fsp3) is 0.650. The fourth-order valence-electron chi connectivity index (χ4n) is 3.74. The molecule has 138 valence electrons. The molecule has 2 atom stereocenters. The first-order chi connectivity index (χ1) is 12.2. The molecule has 0 spiro atoms. The van der Waals surface area contributed by atoms with Crippen LogP contribution in [0.25, 0.3) is 0 Å². The van der Waals surface area contributed by atoms with E-state index in [1.54, 1.807) is 0 Å². The summed E-state index contributed by atoms with van der Waals surface area (Å²) >= 11 is 0. The molecular weight excluding hydrogens is 314 g/mol. The zero-order valence-electron chi connectivity index (χ0n) is 15.3. The Morgan fingerprint density at radius 2 is 2.16 bits per heavy atom. The number of benzene rings is 1. The minimum atomic E-state index is 0.0872. The highest BCUT2D eigenvalue weighted by Gasteiger charge is 2.20. The molecule has 0 radical (unpaired) electrons. The maximum Gasteiger partial charge on any atom is 0.221 e. The average molecular weight is 345 g/mol. The van der Waals surface area contributed by atoms with Crippen LogP contribution in [-0.2, 0) is 22.6 Å². The number of amides is 1. The lowest BCUT2D eigenvalue weighted by Gasteiger charge is -2.33. The molecule has 0 aromatic heterocycles. The predicted octanol–water partition coefficient (Wildman–Crippen LogP) is 2.06. The summed E-state index contributed by atoms with van der Waals surface area (Å²) in [7, 11) is 0. The zero-order chi connectivity index (χ0) is 17.5. The van der Waals surface area contributed by atoms with Crippen molar-refractivity contribution in [3.63, 3.8) is 0 Å². The van der Waals surface area contributed by atoms with Gasteiger partial charge in [-0.1, -0.05) is 30.7 Å². The quantitative estimate of drug-likeness (QED) is 0.829. The van der Waals surface area contributed by atoms with E-state index in [0.29, 0.717) is 25.6 Å². The van der Waals surface area contributed by atoms with Crippen LogP contribution in [0, 0.1) is 0 Å². The van der Waals surface area contributed by atoms with Gasteiger partial charge in [0.1, 0.15) is 0 Å². The molecule has 25 heavy (non-hydrogen) atoms. The number of carbonyl (C=O) groups is 1. The lowest BCUT2D eigenvalue weighted by atomic mass is 10.0. The van der Waals surface area contributed by atoms with Gasteiger partial charge in [-0.15, -0.1) is 0 Å². The van der Waals surface area contributed by atoms with Crippen molar-refractivity contribution in [2.24, 2.45) is 0 Å². The van der Waals surface area contributed by atoms with Crippen LogP contribution in [0.4, 0.5) is 0 Å². The van der Waals surface area contributed by atoms with Crippen molar-refractivity contribution in [1.82, 2.24) is 15.5 Å². The van der Waals surface area contributed by atoms with Gasteiger partial charge < -0.3 is 15.4 Å². The highest BCUT2D eigenvalue weighted by atomic mass is 16.5. The van der Waals surface area contributed by atoms with Crippen LogP contribution in [0.5, 0.6) is 0 Å². The van der Waals surface area contributed by atoms with Crippen molar-refractivity contribution >= 4 is 5.91 Å². The van der Waals surface area contributed by atoms with Crippen LogP contribution in [-0.4, -0.2) is 49.2 Å². The van der Waals surface area contributed by atoms with Gasteiger partial charge in [0.15, 0.2) is 0 Å². The Balaban J connectivity index is 1.52. The second-order valence-electron chi connectivity index (χ2n) is 7.29. The Hall–Kier alpha value is -1.43. The van der Waals surface area contributed by atoms with Gasteiger partial charge in [-0.05, 0) is 37.4 Å². The number of ether oxygens (including phenoxy) is 1. The van der Waals surface area contributed by atoms with Gasteiger partial charge in [-0.25, -0.2) is 0 Å². The summed E-state index contributed by atoms with van der Waals surface area (Å²) in [6.07, 6.45) is 4.40. The standard InChI is InChI=1S/C20H31N3O2/c1-16-6-4-5-10-23(16)14-18-8-3-2-7-17(18)13-22-20(24)12-19-15-25-11-9-21-19/h2-3,7-8,16,19,21H,4-6,9-15H2,1H3,(H,22,24). The third kappa shape index (κ3) is 5.53. The van der Waals surface area contributed by atoms with E-state index >= 15 is 0 Å². The smallest absolute Gasteiger partial charge is 0.221 e. The van der Waals surface area contributed by atoms with Crippen LogP contribution >= 0.6 is 0 Å². The molecule has 2 saturated heterocycles. The van der Waals surface area contributed by atoms with Crippen molar-refractivity contribution in [2.45, 2.75) is 57.8 Å². The molecule has 2 heterocycles. The molecule has 1 aromatic rings. The summed E-state index contributed by atoms with van der Waals surface area (Å²) in [4.78, 5) is 14.8. The average Bonchev–Trinajstić information content (AvgIpc) is 2.64. The summed E-state index contributed by atoms with van der Waals surface area (Å²) in [5, 5.41) is 6.41. The minimum absolute atomic E-state index is 0.0872. The number of piperidine rings is 1. The van der Waals surface area contributed by atoms with Crippen LogP contribution in [0.2, 0.25) is 0 Å².